The highest BCUT2D eigenvalue weighted by atomic mass is 35.5. The van der Waals surface area contributed by atoms with Crippen LogP contribution in [0.25, 0.3) is 0 Å². The number of hydrogen-bond donors (Lipinski definition) is 2. The van der Waals surface area contributed by atoms with Gasteiger partial charge in [0.25, 0.3) is 0 Å². The number of halogens is 1. The molecular weight excluding hydrogens is 206 g/mol. The SMILES string of the molecule is N#Cc1cc(CCl)c(O)c(C(=O)O)c1. The number of carboxylic acid groups (broad SMARTS) is 1. The number of aromatic carboxylic acids is 1. The molecule has 0 fully saturated rings. The molecule has 4 nitrogen and oxygen atoms in total. The lowest BCUT2D eigenvalue weighted by molar-refractivity contribution is 0.0693. The van der Waals surface area contributed by atoms with Crippen molar-refractivity contribution in [2.75, 3.05) is 0 Å². The number of phenols is 1. The van der Waals surface area contributed by atoms with Crippen LogP contribution in [0.15, 0.2) is 12.1 Å². The van der Waals surface area contributed by atoms with E-state index in [1.807, 2.05) is 0 Å². The van der Waals surface area contributed by atoms with Crippen molar-refractivity contribution >= 4 is 17.6 Å². The van der Waals surface area contributed by atoms with Crippen LogP contribution in [0.5, 0.6) is 5.75 Å². The van der Waals surface area contributed by atoms with Gasteiger partial charge in [0.15, 0.2) is 0 Å². The van der Waals surface area contributed by atoms with Crippen LogP contribution in [-0.4, -0.2) is 16.2 Å². The summed E-state index contributed by atoms with van der Waals surface area (Å²) in [7, 11) is 0. The summed E-state index contributed by atoms with van der Waals surface area (Å²) >= 11 is 5.48. The second-order valence-electron chi connectivity index (χ2n) is 2.58. The molecule has 0 aliphatic carbocycles. The first kappa shape index (κ1) is 10.4. The molecule has 72 valence electrons. The molecule has 5 heteroatoms. The van der Waals surface area contributed by atoms with E-state index >= 15 is 0 Å². The number of hydrogen-bond acceptors (Lipinski definition) is 3. The van der Waals surface area contributed by atoms with Crippen LogP contribution in [0.2, 0.25) is 0 Å². The Hall–Kier alpha value is -1.73. The molecule has 0 saturated heterocycles. The zero-order valence-corrected chi connectivity index (χ0v) is 7.75. The van der Waals surface area contributed by atoms with Gasteiger partial charge in [-0.3, -0.25) is 0 Å². The fraction of sp³-hybridized carbons (Fsp3) is 0.111. The summed E-state index contributed by atoms with van der Waals surface area (Å²) in [6, 6.07) is 4.25. The highest BCUT2D eigenvalue weighted by Crippen LogP contribution is 2.25. The van der Waals surface area contributed by atoms with E-state index in [0.717, 1.165) is 6.07 Å². The molecule has 0 bridgehead atoms. The largest absolute Gasteiger partial charge is 0.507 e. The minimum Gasteiger partial charge on any atom is -0.507 e. The molecule has 0 radical (unpaired) electrons. The van der Waals surface area contributed by atoms with Gasteiger partial charge < -0.3 is 10.2 Å². The van der Waals surface area contributed by atoms with Crippen molar-refractivity contribution < 1.29 is 15.0 Å². The molecule has 0 spiro atoms. The first-order valence-electron chi connectivity index (χ1n) is 3.65. The van der Waals surface area contributed by atoms with E-state index < -0.39 is 5.97 Å². The van der Waals surface area contributed by atoms with E-state index in [9.17, 15) is 9.90 Å². The molecule has 0 aliphatic rings. The van der Waals surface area contributed by atoms with Crippen LogP contribution in [0.3, 0.4) is 0 Å². The summed E-state index contributed by atoms with van der Waals surface area (Å²) in [5.41, 5.74) is 0.0960. The van der Waals surface area contributed by atoms with Crippen LogP contribution in [0, 0.1) is 11.3 Å². The fourth-order valence-corrected chi connectivity index (χ4v) is 1.23. The maximum Gasteiger partial charge on any atom is 0.339 e. The summed E-state index contributed by atoms with van der Waals surface area (Å²) in [5.74, 6) is -1.71. The molecule has 0 atom stereocenters. The maximum absolute atomic E-state index is 10.6. The molecule has 1 aromatic rings. The van der Waals surface area contributed by atoms with Crippen molar-refractivity contribution in [3.63, 3.8) is 0 Å². The first-order chi connectivity index (χ1) is 6.60. The summed E-state index contributed by atoms with van der Waals surface area (Å²) in [6.07, 6.45) is 0. The predicted molar refractivity (Wildman–Crippen MR) is 49.3 cm³/mol. The Morgan fingerprint density at radius 2 is 2.21 bits per heavy atom. The number of nitrogens with zero attached hydrogens (tertiary/aromatic N) is 1. The van der Waals surface area contributed by atoms with Gasteiger partial charge in [0, 0.05) is 5.56 Å². The van der Waals surface area contributed by atoms with Crippen molar-refractivity contribution in [3.8, 4) is 11.8 Å². The van der Waals surface area contributed by atoms with Crippen molar-refractivity contribution in [1.29, 1.82) is 5.26 Å². The Balaban J connectivity index is 3.44. The second-order valence-corrected chi connectivity index (χ2v) is 2.85. The van der Waals surface area contributed by atoms with Crippen molar-refractivity contribution in [1.82, 2.24) is 0 Å². The van der Waals surface area contributed by atoms with Crippen molar-refractivity contribution in [2.24, 2.45) is 0 Å². The van der Waals surface area contributed by atoms with Crippen LogP contribution >= 0.6 is 11.6 Å². The Bertz CT molecular complexity index is 423. The molecular formula is C9H6ClNO3. The molecule has 1 rings (SSSR count). The summed E-state index contributed by atoms with van der Waals surface area (Å²) in [6.45, 7) is 0. The Morgan fingerprint density at radius 1 is 1.57 bits per heavy atom. The molecule has 2 N–H and O–H groups in total. The van der Waals surface area contributed by atoms with Crippen LogP contribution in [-0.2, 0) is 5.88 Å². The van der Waals surface area contributed by atoms with Gasteiger partial charge in [-0.2, -0.15) is 5.26 Å². The van der Waals surface area contributed by atoms with Gasteiger partial charge in [0.05, 0.1) is 17.5 Å². The van der Waals surface area contributed by atoms with Crippen molar-refractivity contribution in [3.05, 3.63) is 28.8 Å². The molecule has 0 aromatic heterocycles. The highest BCUT2D eigenvalue weighted by Gasteiger charge is 2.14. The topological polar surface area (TPSA) is 81.3 Å². The minimum absolute atomic E-state index is 0.0400. The van der Waals surface area contributed by atoms with Crippen LogP contribution in [0.1, 0.15) is 21.5 Å². The minimum atomic E-state index is -1.29. The average molecular weight is 212 g/mol. The number of nitriles is 1. The Kier molecular flexibility index (Phi) is 2.95. The summed E-state index contributed by atoms with van der Waals surface area (Å²) in [4.78, 5) is 10.6. The highest BCUT2D eigenvalue weighted by molar-refractivity contribution is 6.17. The number of carbonyl (C=O) groups is 1. The van der Waals surface area contributed by atoms with Gasteiger partial charge in [-0.1, -0.05) is 0 Å². The normalized spacial score (nSPS) is 9.43. The first-order valence-corrected chi connectivity index (χ1v) is 4.18. The molecule has 1 aromatic carbocycles. The van der Waals surface area contributed by atoms with E-state index in [2.05, 4.69) is 0 Å². The van der Waals surface area contributed by atoms with Crippen LogP contribution < -0.4 is 0 Å². The molecule has 0 aliphatic heterocycles. The lowest BCUT2D eigenvalue weighted by Crippen LogP contribution is -1.99. The lowest BCUT2D eigenvalue weighted by atomic mass is 10.1. The zero-order chi connectivity index (χ0) is 10.7. The average Bonchev–Trinajstić information content (AvgIpc) is 2.17. The number of carboxylic acids is 1. The van der Waals surface area contributed by atoms with Gasteiger partial charge in [-0.05, 0) is 12.1 Å². The number of aromatic hydroxyl groups is 1. The third-order valence-corrected chi connectivity index (χ3v) is 1.98. The number of benzene rings is 1. The Labute approximate surface area is 85.0 Å². The predicted octanol–water partition coefficient (Wildman–Crippen LogP) is 1.70. The molecule has 14 heavy (non-hydrogen) atoms. The monoisotopic (exact) mass is 211 g/mol. The molecule has 0 heterocycles. The van der Waals surface area contributed by atoms with E-state index in [0.29, 0.717) is 0 Å². The third kappa shape index (κ3) is 1.78. The van der Waals surface area contributed by atoms with Gasteiger partial charge >= 0.3 is 5.97 Å². The van der Waals surface area contributed by atoms with E-state index in [-0.39, 0.29) is 28.3 Å². The van der Waals surface area contributed by atoms with Gasteiger partial charge in [-0.15, -0.1) is 11.6 Å². The smallest absolute Gasteiger partial charge is 0.339 e. The third-order valence-electron chi connectivity index (χ3n) is 1.69. The van der Waals surface area contributed by atoms with Gasteiger partial charge in [0.2, 0.25) is 0 Å². The second kappa shape index (κ2) is 3.99. The van der Waals surface area contributed by atoms with E-state index in [1.165, 1.54) is 6.07 Å². The lowest BCUT2D eigenvalue weighted by Gasteiger charge is -2.04. The number of rotatable bonds is 2. The van der Waals surface area contributed by atoms with Gasteiger partial charge in [0.1, 0.15) is 11.3 Å². The van der Waals surface area contributed by atoms with E-state index in [1.54, 1.807) is 6.07 Å². The Morgan fingerprint density at radius 3 is 2.64 bits per heavy atom. The fourth-order valence-electron chi connectivity index (χ4n) is 1.02. The van der Waals surface area contributed by atoms with E-state index in [4.69, 9.17) is 22.0 Å². The summed E-state index contributed by atoms with van der Waals surface area (Å²) < 4.78 is 0. The molecule has 0 saturated carbocycles. The molecule has 0 unspecified atom stereocenters. The van der Waals surface area contributed by atoms with Gasteiger partial charge in [-0.25, -0.2) is 4.79 Å². The van der Waals surface area contributed by atoms with Crippen molar-refractivity contribution in [2.45, 2.75) is 5.88 Å². The zero-order valence-electron chi connectivity index (χ0n) is 6.99. The maximum atomic E-state index is 10.6. The summed E-state index contributed by atoms with van der Waals surface area (Å²) in [5, 5.41) is 26.7. The quantitative estimate of drug-likeness (QED) is 0.730. The van der Waals surface area contributed by atoms with Crippen LogP contribution in [0.4, 0.5) is 0 Å². The number of alkyl halides is 1. The molecule has 0 amide bonds. The standard InChI is InChI=1S/C9H6ClNO3/c10-3-6-1-5(4-11)2-7(8(6)12)9(13)14/h1-2,12H,3H2,(H,13,14).